The van der Waals surface area contributed by atoms with E-state index in [0.717, 1.165) is 38.1 Å². The van der Waals surface area contributed by atoms with Gasteiger partial charge in [0.25, 0.3) is 0 Å². The maximum atomic E-state index is 13.2. The normalized spacial score (nSPS) is 18.1. The fourth-order valence-electron chi connectivity index (χ4n) is 2.41. The predicted octanol–water partition coefficient (Wildman–Crippen LogP) is 2.66. The van der Waals surface area contributed by atoms with Crippen molar-refractivity contribution < 1.29 is 13.3 Å². The van der Waals surface area contributed by atoms with Crippen molar-refractivity contribution in [2.24, 2.45) is 0 Å². The number of hydrogen-bond acceptors (Lipinski definition) is 4. The molecular weight excluding hydrogens is 264 g/mol. The van der Waals surface area contributed by atoms with Gasteiger partial charge in [-0.15, -0.1) is 0 Å². The molecule has 2 heterocycles. The standard InChI is InChI=1S/C14H15F2N3O/c1-14(4-6-17-7-5-14)13-18-12(19-20-13)9-2-3-10(15)11(16)8-9/h2-3,8,17H,4-7H2,1H3. The van der Waals surface area contributed by atoms with E-state index in [1.165, 1.54) is 6.07 Å². The zero-order valence-corrected chi connectivity index (χ0v) is 11.1. The Morgan fingerprint density at radius 1 is 1.20 bits per heavy atom. The smallest absolute Gasteiger partial charge is 0.232 e. The Hall–Kier alpha value is -1.82. The quantitative estimate of drug-likeness (QED) is 0.918. The second kappa shape index (κ2) is 4.94. The Kier molecular flexibility index (Phi) is 3.25. The fourth-order valence-corrected chi connectivity index (χ4v) is 2.41. The van der Waals surface area contributed by atoms with Gasteiger partial charge in [-0.05, 0) is 44.1 Å². The van der Waals surface area contributed by atoms with Crippen molar-refractivity contribution in [3.8, 4) is 11.4 Å². The Morgan fingerprint density at radius 3 is 2.65 bits per heavy atom. The van der Waals surface area contributed by atoms with Crippen LogP contribution in [0.25, 0.3) is 11.4 Å². The summed E-state index contributed by atoms with van der Waals surface area (Å²) in [6.07, 6.45) is 1.82. The molecule has 3 rings (SSSR count). The Labute approximate surface area is 115 Å². The molecule has 0 saturated carbocycles. The van der Waals surface area contributed by atoms with E-state index >= 15 is 0 Å². The van der Waals surface area contributed by atoms with Crippen LogP contribution in [0.4, 0.5) is 8.78 Å². The van der Waals surface area contributed by atoms with Crippen LogP contribution in [-0.2, 0) is 5.41 Å². The van der Waals surface area contributed by atoms with Crippen molar-refractivity contribution >= 4 is 0 Å². The van der Waals surface area contributed by atoms with Crippen molar-refractivity contribution in [2.75, 3.05) is 13.1 Å². The van der Waals surface area contributed by atoms with E-state index in [-0.39, 0.29) is 5.41 Å². The van der Waals surface area contributed by atoms with Gasteiger partial charge in [-0.1, -0.05) is 12.1 Å². The maximum absolute atomic E-state index is 13.2. The van der Waals surface area contributed by atoms with Crippen LogP contribution in [0.5, 0.6) is 0 Å². The van der Waals surface area contributed by atoms with E-state index in [1.54, 1.807) is 0 Å². The van der Waals surface area contributed by atoms with Crippen LogP contribution in [0.15, 0.2) is 22.7 Å². The molecular formula is C14H15F2N3O. The third-order valence-electron chi connectivity index (χ3n) is 3.83. The van der Waals surface area contributed by atoms with Crippen LogP contribution < -0.4 is 5.32 Å². The van der Waals surface area contributed by atoms with Crippen LogP contribution in [-0.4, -0.2) is 23.2 Å². The number of benzene rings is 1. The molecule has 4 nitrogen and oxygen atoms in total. The van der Waals surface area contributed by atoms with E-state index in [4.69, 9.17) is 4.52 Å². The Bertz CT molecular complexity index is 621. The van der Waals surface area contributed by atoms with Gasteiger partial charge in [0, 0.05) is 11.0 Å². The number of rotatable bonds is 2. The number of nitrogens with one attached hydrogen (secondary N) is 1. The molecule has 0 aliphatic carbocycles. The van der Waals surface area contributed by atoms with Crippen LogP contribution in [0.2, 0.25) is 0 Å². The molecule has 0 atom stereocenters. The van der Waals surface area contributed by atoms with Gasteiger partial charge in [0.1, 0.15) is 0 Å². The molecule has 6 heteroatoms. The molecule has 1 aliphatic heterocycles. The molecule has 1 aromatic heterocycles. The molecule has 1 aromatic carbocycles. The summed E-state index contributed by atoms with van der Waals surface area (Å²) in [5.41, 5.74) is 0.256. The highest BCUT2D eigenvalue weighted by Gasteiger charge is 2.34. The maximum Gasteiger partial charge on any atom is 0.232 e. The van der Waals surface area contributed by atoms with Gasteiger partial charge in [0.05, 0.1) is 0 Å². The molecule has 2 aromatic rings. The lowest BCUT2D eigenvalue weighted by Crippen LogP contribution is -2.37. The summed E-state index contributed by atoms with van der Waals surface area (Å²) in [6, 6.07) is 3.58. The Morgan fingerprint density at radius 2 is 1.95 bits per heavy atom. The molecule has 1 aliphatic rings. The lowest BCUT2D eigenvalue weighted by Gasteiger charge is -2.30. The molecule has 0 bridgehead atoms. The first-order chi connectivity index (χ1) is 9.58. The molecule has 20 heavy (non-hydrogen) atoms. The van der Waals surface area contributed by atoms with Gasteiger partial charge in [0.2, 0.25) is 11.7 Å². The number of piperidine rings is 1. The van der Waals surface area contributed by atoms with Crippen molar-refractivity contribution in [3.05, 3.63) is 35.7 Å². The van der Waals surface area contributed by atoms with Gasteiger partial charge < -0.3 is 9.84 Å². The topological polar surface area (TPSA) is 51.0 Å². The van der Waals surface area contributed by atoms with Crippen LogP contribution in [0.1, 0.15) is 25.7 Å². The molecule has 0 spiro atoms. The van der Waals surface area contributed by atoms with Gasteiger partial charge >= 0.3 is 0 Å². The summed E-state index contributed by atoms with van der Waals surface area (Å²) in [6.45, 7) is 3.88. The van der Waals surface area contributed by atoms with E-state index in [1.807, 2.05) is 0 Å². The minimum Gasteiger partial charge on any atom is -0.338 e. The van der Waals surface area contributed by atoms with Crippen molar-refractivity contribution in [1.82, 2.24) is 15.5 Å². The van der Waals surface area contributed by atoms with Gasteiger partial charge in [0.15, 0.2) is 11.6 Å². The highest BCUT2D eigenvalue weighted by molar-refractivity contribution is 5.54. The van der Waals surface area contributed by atoms with Crippen molar-refractivity contribution in [2.45, 2.75) is 25.2 Å². The number of hydrogen-bond donors (Lipinski definition) is 1. The number of nitrogens with zero attached hydrogens (tertiary/aromatic N) is 2. The SMILES string of the molecule is CC1(c2nc(-c3ccc(F)c(F)c3)no2)CCNCC1. The summed E-state index contributed by atoms with van der Waals surface area (Å²) in [7, 11) is 0. The second-order valence-electron chi connectivity index (χ2n) is 5.36. The molecule has 1 fully saturated rings. The minimum absolute atomic E-state index is 0.158. The first-order valence-electron chi connectivity index (χ1n) is 6.59. The van der Waals surface area contributed by atoms with Gasteiger partial charge in [-0.3, -0.25) is 0 Å². The Balaban J connectivity index is 1.91. The first kappa shape index (κ1) is 13.2. The molecule has 0 amide bonds. The van der Waals surface area contributed by atoms with Crippen LogP contribution in [0, 0.1) is 11.6 Å². The van der Waals surface area contributed by atoms with Gasteiger partial charge in [-0.2, -0.15) is 4.98 Å². The zero-order valence-electron chi connectivity index (χ0n) is 11.1. The van der Waals surface area contributed by atoms with Crippen LogP contribution in [0.3, 0.4) is 0 Å². The lowest BCUT2D eigenvalue weighted by molar-refractivity contribution is 0.241. The van der Waals surface area contributed by atoms with Crippen molar-refractivity contribution in [1.29, 1.82) is 0 Å². The summed E-state index contributed by atoms with van der Waals surface area (Å²) in [5, 5.41) is 7.16. The third-order valence-corrected chi connectivity index (χ3v) is 3.83. The average molecular weight is 279 g/mol. The summed E-state index contributed by atoms with van der Waals surface area (Å²) in [4.78, 5) is 4.35. The van der Waals surface area contributed by atoms with E-state index < -0.39 is 11.6 Å². The summed E-state index contributed by atoms with van der Waals surface area (Å²) >= 11 is 0. The molecule has 106 valence electrons. The zero-order chi connectivity index (χ0) is 14.2. The largest absolute Gasteiger partial charge is 0.338 e. The molecule has 1 saturated heterocycles. The second-order valence-corrected chi connectivity index (χ2v) is 5.36. The van der Waals surface area contributed by atoms with E-state index in [2.05, 4.69) is 22.4 Å². The van der Waals surface area contributed by atoms with Crippen molar-refractivity contribution in [3.63, 3.8) is 0 Å². The minimum atomic E-state index is -0.915. The van der Waals surface area contributed by atoms with Gasteiger partial charge in [-0.25, -0.2) is 8.78 Å². The van der Waals surface area contributed by atoms with Crippen LogP contribution >= 0.6 is 0 Å². The highest BCUT2D eigenvalue weighted by atomic mass is 19.2. The monoisotopic (exact) mass is 279 g/mol. The fraction of sp³-hybridized carbons (Fsp3) is 0.429. The molecule has 0 unspecified atom stereocenters. The predicted molar refractivity (Wildman–Crippen MR) is 69.1 cm³/mol. The first-order valence-corrected chi connectivity index (χ1v) is 6.59. The lowest BCUT2D eigenvalue weighted by atomic mass is 9.81. The van der Waals surface area contributed by atoms with E-state index in [9.17, 15) is 8.78 Å². The third kappa shape index (κ3) is 2.31. The van der Waals surface area contributed by atoms with E-state index in [0.29, 0.717) is 17.3 Å². The number of halogens is 2. The average Bonchev–Trinajstić information content (AvgIpc) is 2.93. The highest BCUT2D eigenvalue weighted by Crippen LogP contribution is 2.32. The summed E-state index contributed by atoms with van der Waals surface area (Å²) < 4.78 is 31.5. The molecule has 0 radical (unpaired) electrons. The molecule has 1 N–H and O–H groups in total. The number of aromatic nitrogens is 2. The summed E-state index contributed by atoms with van der Waals surface area (Å²) in [5.74, 6) is -0.956.